The minimum Gasteiger partial charge on any atom is -0.357 e. The smallest absolute Gasteiger partial charge is 0.194 e. The molecular formula is C19H38N4O2S. The van der Waals surface area contributed by atoms with Crippen molar-refractivity contribution >= 4 is 15.8 Å². The van der Waals surface area contributed by atoms with Crippen molar-refractivity contribution in [3.63, 3.8) is 0 Å². The Balaban J connectivity index is 2.20. The molecule has 0 aromatic heterocycles. The fourth-order valence-corrected chi connectivity index (χ4v) is 5.66. The molecule has 0 spiro atoms. The Morgan fingerprint density at radius 1 is 1.35 bits per heavy atom. The Bertz CT molecular complexity index is 615. The third-order valence-corrected chi connectivity index (χ3v) is 8.75. The van der Waals surface area contributed by atoms with Crippen LogP contribution in [0, 0.1) is 5.92 Å². The van der Waals surface area contributed by atoms with Crippen LogP contribution in [0.3, 0.4) is 0 Å². The maximum Gasteiger partial charge on any atom is 0.194 e. The fourth-order valence-electron chi connectivity index (χ4n) is 4.30. The van der Waals surface area contributed by atoms with Crippen LogP contribution < -0.4 is 5.32 Å². The molecule has 6 nitrogen and oxygen atoms in total. The number of aliphatic imine (C=N–C) groups is 1. The normalized spacial score (nSPS) is 31.9. The summed E-state index contributed by atoms with van der Waals surface area (Å²) in [4.78, 5) is 9.47. The van der Waals surface area contributed by atoms with E-state index in [-0.39, 0.29) is 11.3 Å². The van der Waals surface area contributed by atoms with Gasteiger partial charge in [0, 0.05) is 25.2 Å². The van der Waals surface area contributed by atoms with Crippen molar-refractivity contribution < 1.29 is 8.42 Å². The minimum atomic E-state index is -3.04. The molecule has 0 bridgehead atoms. The summed E-state index contributed by atoms with van der Waals surface area (Å²) in [5.74, 6) is 1.78. The highest BCUT2D eigenvalue weighted by Crippen LogP contribution is 2.36. The molecule has 1 N–H and O–H groups in total. The topological polar surface area (TPSA) is 65.0 Å². The van der Waals surface area contributed by atoms with Gasteiger partial charge >= 0.3 is 0 Å². The van der Waals surface area contributed by atoms with Crippen LogP contribution in [0.25, 0.3) is 0 Å². The predicted molar refractivity (Wildman–Crippen MR) is 109 cm³/mol. The molecule has 2 fully saturated rings. The number of guanidine groups is 1. The van der Waals surface area contributed by atoms with Crippen LogP contribution in [0.2, 0.25) is 0 Å². The van der Waals surface area contributed by atoms with E-state index >= 15 is 0 Å². The predicted octanol–water partition coefficient (Wildman–Crippen LogP) is 1.97. The molecule has 26 heavy (non-hydrogen) atoms. The first kappa shape index (κ1) is 21.5. The van der Waals surface area contributed by atoms with E-state index in [9.17, 15) is 8.42 Å². The molecule has 1 saturated carbocycles. The Labute approximate surface area is 160 Å². The van der Waals surface area contributed by atoms with E-state index in [1.807, 2.05) is 13.8 Å². The molecule has 2 atom stereocenters. The van der Waals surface area contributed by atoms with Gasteiger partial charge in [0.25, 0.3) is 0 Å². The molecule has 2 rings (SSSR count). The average molecular weight is 387 g/mol. The van der Waals surface area contributed by atoms with Crippen molar-refractivity contribution in [2.24, 2.45) is 10.9 Å². The monoisotopic (exact) mass is 386 g/mol. The molecule has 0 aromatic carbocycles. The highest BCUT2D eigenvalue weighted by atomic mass is 32.2. The number of sulfone groups is 1. The first-order valence-electron chi connectivity index (χ1n) is 9.96. The van der Waals surface area contributed by atoms with Crippen molar-refractivity contribution in [3.8, 4) is 0 Å². The maximum atomic E-state index is 12.3. The van der Waals surface area contributed by atoms with Crippen molar-refractivity contribution in [1.29, 1.82) is 0 Å². The van der Waals surface area contributed by atoms with Gasteiger partial charge in [-0.3, -0.25) is 4.99 Å². The van der Waals surface area contributed by atoms with Gasteiger partial charge in [0.2, 0.25) is 0 Å². The van der Waals surface area contributed by atoms with E-state index in [1.54, 1.807) is 0 Å². The van der Waals surface area contributed by atoms with Crippen LogP contribution in [0.15, 0.2) is 4.99 Å². The van der Waals surface area contributed by atoms with Gasteiger partial charge in [-0.2, -0.15) is 0 Å². The number of hydrogen-bond acceptors (Lipinski definition) is 4. The Morgan fingerprint density at radius 3 is 2.58 bits per heavy atom. The van der Waals surface area contributed by atoms with Gasteiger partial charge < -0.3 is 15.1 Å². The molecule has 2 aliphatic rings. The molecule has 2 unspecified atom stereocenters. The Hall–Kier alpha value is -0.820. The Morgan fingerprint density at radius 2 is 2.04 bits per heavy atom. The molecule has 1 aliphatic heterocycles. The summed E-state index contributed by atoms with van der Waals surface area (Å²) in [6.45, 7) is 10.6. The summed E-state index contributed by atoms with van der Waals surface area (Å²) in [5.41, 5.74) is 0.107. The van der Waals surface area contributed by atoms with Gasteiger partial charge in [-0.05, 0) is 53.6 Å². The van der Waals surface area contributed by atoms with Gasteiger partial charge in [-0.1, -0.05) is 19.8 Å². The molecular weight excluding hydrogens is 348 g/mol. The van der Waals surface area contributed by atoms with Crippen LogP contribution in [-0.4, -0.2) is 80.5 Å². The van der Waals surface area contributed by atoms with Gasteiger partial charge in [0.15, 0.2) is 15.8 Å². The summed E-state index contributed by atoms with van der Waals surface area (Å²) in [6, 6.07) is 0. The summed E-state index contributed by atoms with van der Waals surface area (Å²) in [5, 5.41) is 3.39. The standard InChI is InChI=1S/C19H38N4O2S/c1-7-20-17(23-11-12-26(24,25)18(3,4)15-23)21-14-19(22(5)6)10-8-9-16(2)13-19/h16H,7-15H2,1-6H3,(H,20,21). The van der Waals surface area contributed by atoms with E-state index in [0.717, 1.165) is 25.0 Å². The zero-order valence-electron chi connectivity index (χ0n) is 17.5. The van der Waals surface area contributed by atoms with E-state index in [0.29, 0.717) is 13.1 Å². The second-order valence-corrected chi connectivity index (χ2v) is 11.7. The highest BCUT2D eigenvalue weighted by Gasteiger charge is 2.41. The van der Waals surface area contributed by atoms with E-state index in [4.69, 9.17) is 4.99 Å². The largest absolute Gasteiger partial charge is 0.357 e. The molecule has 7 heteroatoms. The van der Waals surface area contributed by atoms with Gasteiger partial charge in [0.05, 0.1) is 17.0 Å². The number of rotatable bonds is 4. The quantitative estimate of drug-likeness (QED) is 0.591. The molecule has 0 radical (unpaired) electrons. The highest BCUT2D eigenvalue weighted by molar-refractivity contribution is 7.92. The van der Waals surface area contributed by atoms with E-state index < -0.39 is 14.6 Å². The second kappa shape index (κ2) is 8.05. The third kappa shape index (κ3) is 4.53. The summed E-state index contributed by atoms with van der Waals surface area (Å²) in [7, 11) is 1.28. The lowest BCUT2D eigenvalue weighted by molar-refractivity contribution is 0.0842. The average Bonchev–Trinajstić information content (AvgIpc) is 2.54. The van der Waals surface area contributed by atoms with Crippen LogP contribution in [-0.2, 0) is 9.84 Å². The van der Waals surface area contributed by atoms with Crippen molar-refractivity contribution in [3.05, 3.63) is 0 Å². The van der Waals surface area contributed by atoms with Gasteiger partial charge in [0.1, 0.15) is 0 Å². The van der Waals surface area contributed by atoms with Crippen molar-refractivity contribution in [1.82, 2.24) is 15.1 Å². The fraction of sp³-hybridized carbons (Fsp3) is 0.947. The number of nitrogens with one attached hydrogen (secondary N) is 1. The molecule has 1 saturated heterocycles. The van der Waals surface area contributed by atoms with Crippen LogP contribution in [0.5, 0.6) is 0 Å². The van der Waals surface area contributed by atoms with Crippen molar-refractivity contribution in [2.75, 3.05) is 46.0 Å². The lowest BCUT2D eigenvalue weighted by atomic mass is 9.75. The summed E-state index contributed by atoms with van der Waals surface area (Å²) < 4.78 is 23.9. The minimum absolute atomic E-state index is 0.107. The zero-order valence-corrected chi connectivity index (χ0v) is 18.3. The summed E-state index contributed by atoms with van der Waals surface area (Å²) >= 11 is 0. The second-order valence-electron chi connectivity index (χ2n) is 8.99. The molecule has 0 aromatic rings. The van der Waals surface area contributed by atoms with Gasteiger partial charge in [-0.15, -0.1) is 0 Å². The Kier molecular flexibility index (Phi) is 6.65. The molecule has 1 aliphatic carbocycles. The number of nitrogens with zero attached hydrogens (tertiary/aromatic N) is 3. The zero-order chi connectivity index (χ0) is 19.6. The van der Waals surface area contributed by atoms with Crippen LogP contribution in [0.4, 0.5) is 0 Å². The first-order valence-corrected chi connectivity index (χ1v) is 11.6. The van der Waals surface area contributed by atoms with Crippen LogP contribution >= 0.6 is 0 Å². The molecule has 1 heterocycles. The van der Waals surface area contributed by atoms with Crippen LogP contribution in [0.1, 0.15) is 53.4 Å². The van der Waals surface area contributed by atoms with Crippen molar-refractivity contribution in [2.45, 2.75) is 63.7 Å². The lowest BCUT2D eigenvalue weighted by Gasteiger charge is -2.45. The number of hydrogen-bond donors (Lipinski definition) is 1. The molecule has 0 amide bonds. The van der Waals surface area contributed by atoms with Gasteiger partial charge in [-0.25, -0.2) is 8.42 Å². The third-order valence-electron chi connectivity index (χ3n) is 6.22. The lowest BCUT2D eigenvalue weighted by Crippen LogP contribution is -2.58. The molecule has 152 valence electrons. The number of likely N-dealkylation sites (N-methyl/N-ethyl adjacent to an activating group) is 1. The summed E-state index contributed by atoms with van der Waals surface area (Å²) in [6.07, 6.45) is 4.90. The van der Waals surface area contributed by atoms with E-state index in [2.05, 4.69) is 43.1 Å². The van der Waals surface area contributed by atoms with E-state index in [1.165, 1.54) is 25.7 Å². The SMILES string of the molecule is CCNC(=NCC1(N(C)C)CCCC(C)C1)N1CCS(=O)(=O)C(C)(C)C1. The first-order chi connectivity index (χ1) is 12.0. The maximum absolute atomic E-state index is 12.3.